The predicted octanol–water partition coefficient (Wildman–Crippen LogP) is 3.23. The van der Waals surface area contributed by atoms with Crippen LogP contribution in [0.4, 0.5) is 5.82 Å². The van der Waals surface area contributed by atoms with Crippen LogP contribution < -0.4 is 5.32 Å². The molecule has 0 spiro atoms. The van der Waals surface area contributed by atoms with Crippen LogP contribution >= 0.6 is 0 Å². The first-order chi connectivity index (χ1) is 8.43. The number of nitrogens with zero attached hydrogens (tertiary/aromatic N) is 2. The lowest BCUT2D eigenvalue weighted by atomic mass is 10.2. The Hall–Kier alpha value is -1.64. The fourth-order valence-corrected chi connectivity index (χ4v) is 2.15. The Kier molecular flexibility index (Phi) is 2.90. The van der Waals surface area contributed by atoms with Crippen LogP contribution in [0.3, 0.4) is 0 Å². The molecule has 1 aliphatic carbocycles. The minimum absolute atomic E-state index is 0.964. The summed E-state index contributed by atoms with van der Waals surface area (Å²) in [6.07, 6.45) is 7.11. The van der Waals surface area contributed by atoms with Crippen molar-refractivity contribution in [3.8, 4) is 0 Å². The summed E-state index contributed by atoms with van der Waals surface area (Å²) in [5, 5.41) is 4.53. The van der Waals surface area contributed by atoms with Crippen molar-refractivity contribution in [2.45, 2.75) is 25.7 Å². The monoisotopic (exact) mass is 227 g/mol. The molecule has 0 radical (unpaired) electrons. The van der Waals surface area contributed by atoms with E-state index >= 15 is 0 Å². The number of aromatic nitrogens is 2. The molecule has 0 atom stereocenters. The quantitative estimate of drug-likeness (QED) is 0.797. The van der Waals surface area contributed by atoms with Crippen LogP contribution in [0.2, 0.25) is 0 Å². The second-order valence-electron chi connectivity index (χ2n) is 4.75. The number of para-hydroxylation sites is 1. The summed E-state index contributed by atoms with van der Waals surface area (Å²) in [7, 11) is 0. The summed E-state index contributed by atoms with van der Waals surface area (Å²) in [6.45, 7) is 1.01. The fraction of sp³-hybridized carbons (Fsp3) is 0.429. The van der Waals surface area contributed by atoms with E-state index in [0.29, 0.717) is 0 Å². The molecule has 1 fully saturated rings. The minimum Gasteiger partial charge on any atom is -0.369 e. The van der Waals surface area contributed by atoms with Gasteiger partial charge in [-0.1, -0.05) is 25.0 Å². The maximum Gasteiger partial charge on any atom is 0.137 e. The summed E-state index contributed by atoms with van der Waals surface area (Å²) in [6, 6.07) is 8.12. The van der Waals surface area contributed by atoms with Crippen LogP contribution in [0.15, 0.2) is 30.6 Å². The third-order valence-electron chi connectivity index (χ3n) is 3.32. The van der Waals surface area contributed by atoms with Gasteiger partial charge in [-0.25, -0.2) is 9.97 Å². The van der Waals surface area contributed by atoms with Gasteiger partial charge in [-0.3, -0.25) is 0 Å². The molecule has 1 aromatic heterocycles. The average molecular weight is 227 g/mol. The van der Waals surface area contributed by atoms with E-state index in [0.717, 1.165) is 29.2 Å². The lowest BCUT2D eigenvalue weighted by Crippen LogP contribution is -2.04. The lowest BCUT2D eigenvalue weighted by Gasteiger charge is -2.07. The molecule has 0 saturated heterocycles. The number of nitrogens with one attached hydrogen (secondary N) is 1. The average Bonchev–Trinajstić information content (AvgIpc) is 3.19. The van der Waals surface area contributed by atoms with E-state index < -0.39 is 0 Å². The number of anilines is 1. The summed E-state index contributed by atoms with van der Waals surface area (Å²) in [5.41, 5.74) is 1.01. The number of fused-ring (bicyclic) bond motifs is 1. The van der Waals surface area contributed by atoms with Gasteiger partial charge in [0.2, 0.25) is 0 Å². The summed E-state index contributed by atoms with van der Waals surface area (Å²) in [4.78, 5) is 8.57. The first-order valence-corrected chi connectivity index (χ1v) is 6.37. The topological polar surface area (TPSA) is 37.8 Å². The highest BCUT2D eigenvalue weighted by Crippen LogP contribution is 2.33. The molecular weight excluding hydrogens is 210 g/mol. The third kappa shape index (κ3) is 2.54. The molecule has 1 aliphatic rings. The number of hydrogen-bond donors (Lipinski definition) is 1. The standard InChI is InChI=1S/C14H17N3/c1-2-6-13-12(5-1)14(17-10-16-13)15-9-3-4-11-7-8-11/h1-2,5-6,10-11H,3-4,7-9H2,(H,15,16,17). The highest BCUT2D eigenvalue weighted by molar-refractivity contribution is 5.88. The Bertz CT molecular complexity index is 500. The van der Waals surface area contributed by atoms with Crippen molar-refractivity contribution in [2.75, 3.05) is 11.9 Å². The van der Waals surface area contributed by atoms with E-state index in [-0.39, 0.29) is 0 Å². The van der Waals surface area contributed by atoms with E-state index in [1.807, 2.05) is 18.2 Å². The van der Waals surface area contributed by atoms with E-state index in [4.69, 9.17) is 0 Å². The van der Waals surface area contributed by atoms with Crippen LogP contribution in [0.5, 0.6) is 0 Å². The van der Waals surface area contributed by atoms with E-state index in [9.17, 15) is 0 Å². The van der Waals surface area contributed by atoms with Crippen LogP contribution in [0.1, 0.15) is 25.7 Å². The van der Waals surface area contributed by atoms with Gasteiger partial charge in [0.05, 0.1) is 5.52 Å². The Labute approximate surface area is 101 Å². The molecule has 3 nitrogen and oxygen atoms in total. The van der Waals surface area contributed by atoms with Gasteiger partial charge in [-0.05, 0) is 30.9 Å². The van der Waals surface area contributed by atoms with Gasteiger partial charge in [-0.15, -0.1) is 0 Å². The minimum atomic E-state index is 0.964. The van der Waals surface area contributed by atoms with E-state index in [2.05, 4.69) is 21.4 Å². The number of rotatable bonds is 5. The molecule has 0 aliphatic heterocycles. The smallest absolute Gasteiger partial charge is 0.137 e. The van der Waals surface area contributed by atoms with Gasteiger partial charge in [0.25, 0.3) is 0 Å². The van der Waals surface area contributed by atoms with Crippen molar-refractivity contribution >= 4 is 16.7 Å². The van der Waals surface area contributed by atoms with Crippen molar-refractivity contribution in [3.05, 3.63) is 30.6 Å². The highest BCUT2D eigenvalue weighted by atomic mass is 15.0. The zero-order valence-corrected chi connectivity index (χ0v) is 9.89. The second kappa shape index (κ2) is 4.70. The van der Waals surface area contributed by atoms with Crippen molar-refractivity contribution in [1.29, 1.82) is 0 Å². The molecular formula is C14H17N3. The molecule has 0 bridgehead atoms. The van der Waals surface area contributed by atoms with E-state index in [1.165, 1.54) is 25.7 Å². The van der Waals surface area contributed by atoms with Crippen LogP contribution in [-0.2, 0) is 0 Å². The molecule has 1 saturated carbocycles. The molecule has 17 heavy (non-hydrogen) atoms. The maximum absolute atomic E-state index is 4.32. The molecule has 2 aromatic rings. The number of benzene rings is 1. The van der Waals surface area contributed by atoms with Gasteiger partial charge in [-0.2, -0.15) is 0 Å². The van der Waals surface area contributed by atoms with Gasteiger partial charge in [0.1, 0.15) is 12.1 Å². The van der Waals surface area contributed by atoms with Gasteiger partial charge in [0.15, 0.2) is 0 Å². The van der Waals surface area contributed by atoms with Crippen molar-refractivity contribution in [3.63, 3.8) is 0 Å². The van der Waals surface area contributed by atoms with Gasteiger partial charge < -0.3 is 5.32 Å². The van der Waals surface area contributed by atoms with Crippen molar-refractivity contribution in [1.82, 2.24) is 9.97 Å². The molecule has 0 unspecified atom stereocenters. The summed E-state index contributed by atoms with van der Waals surface area (Å²) in [5.74, 6) is 1.98. The lowest BCUT2D eigenvalue weighted by molar-refractivity contribution is 0.687. The largest absolute Gasteiger partial charge is 0.369 e. The van der Waals surface area contributed by atoms with Crippen LogP contribution in [0.25, 0.3) is 10.9 Å². The maximum atomic E-state index is 4.32. The molecule has 3 rings (SSSR count). The first kappa shape index (κ1) is 10.5. The fourth-order valence-electron chi connectivity index (χ4n) is 2.15. The Morgan fingerprint density at radius 3 is 2.94 bits per heavy atom. The molecule has 1 aromatic carbocycles. The SMILES string of the molecule is c1ccc2c(NCCCC3CC3)ncnc2c1. The normalized spacial score (nSPS) is 15.1. The molecule has 0 amide bonds. The summed E-state index contributed by atoms with van der Waals surface area (Å²) < 4.78 is 0. The third-order valence-corrected chi connectivity index (χ3v) is 3.32. The van der Waals surface area contributed by atoms with E-state index in [1.54, 1.807) is 6.33 Å². The first-order valence-electron chi connectivity index (χ1n) is 6.37. The zero-order valence-electron chi connectivity index (χ0n) is 9.89. The Morgan fingerprint density at radius 1 is 1.18 bits per heavy atom. The molecule has 1 heterocycles. The molecule has 1 N–H and O–H groups in total. The summed E-state index contributed by atoms with van der Waals surface area (Å²) >= 11 is 0. The van der Waals surface area contributed by atoms with Crippen LogP contribution in [-0.4, -0.2) is 16.5 Å². The van der Waals surface area contributed by atoms with Crippen molar-refractivity contribution in [2.24, 2.45) is 5.92 Å². The predicted molar refractivity (Wildman–Crippen MR) is 70.0 cm³/mol. The Balaban J connectivity index is 1.66. The van der Waals surface area contributed by atoms with Crippen molar-refractivity contribution < 1.29 is 0 Å². The zero-order chi connectivity index (χ0) is 11.5. The van der Waals surface area contributed by atoms with Gasteiger partial charge in [0, 0.05) is 11.9 Å². The second-order valence-corrected chi connectivity index (χ2v) is 4.75. The van der Waals surface area contributed by atoms with Crippen LogP contribution in [0, 0.1) is 5.92 Å². The molecule has 3 heteroatoms. The Morgan fingerprint density at radius 2 is 2.06 bits per heavy atom. The molecule has 88 valence electrons. The highest BCUT2D eigenvalue weighted by Gasteiger charge is 2.19. The number of hydrogen-bond acceptors (Lipinski definition) is 3. The van der Waals surface area contributed by atoms with Gasteiger partial charge >= 0.3 is 0 Å².